The van der Waals surface area contributed by atoms with Gasteiger partial charge in [0.15, 0.2) is 0 Å². The van der Waals surface area contributed by atoms with Crippen LogP contribution < -0.4 is 0 Å². The summed E-state index contributed by atoms with van der Waals surface area (Å²) in [7, 11) is 0. The molecular formula is C21H15Cl2N. The summed E-state index contributed by atoms with van der Waals surface area (Å²) >= 11 is 12.6. The van der Waals surface area contributed by atoms with Crippen molar-refractivity contribution < 1.29 is 0 Å². The monoisotopic (exact) mass is 351 g/mol. The molecule has 3 heteroatoms. The Morgan fingerprint density at radius 1 is 0.792 bits per heavy atom. The van der Waals surface area contributed by atoms with Gasteiger partial charge in [0.1, 0.15) is 0 Å². The molecule has 118 valence electrons. The molecule has 24 heavy (non-hydrogen) atoms. The van der Waals surface area contributed by atoms with Crippen LogP contribution in [0, 0.1) is 0 Å². The van der Waals surface area contributed by atoms with Crippen molar-refractivity contribution >= 4 is 45.0 Å². The van der Waals surface area contributed by atoms with E-state index >= 15 is 0 Å². The molecule has 0 N–H and O–H groups in total. The van der Waals surface area contributed by atoms with E-state index < -0.39 is 0 Å². The topological polar surface area (TPSA) is 4.93 Å². The van der Waals surface area contributed by atoms with E-state index in [9.17, 15) is 0 Å². The van der Waals surface area contributed by atoms with Gasteiger partial charge in [-0.2, -0.15) is 0 Å². The van der Waals surface area contributed by atoms with Crippen molar-refractivity contribution in [2.24, 2.45) is 0 Å². The van der Waals surface area contributed by atoms with Gasteiger partial charge in [-0.3, -0.25) is 0 Å². The molecule has 1 aliphatic heterocycles. The number of benzene rings is 3. The van der Waals surface area contributed by atoms with Crippen molar-refractivity contribution in [1.82, 2.24) is 4.57 Å². The first-order valence-electron chi connectivity index (χ1n) is 8.02. The highest BCUT2D eigenvalue weighted by molar-refractivity contribution is 6.32. The summed E-state index contributed by atoms with van der Waals surface area (Å²) in [5.74, 6) is 0. The molecule has 1 aromatic heterocycles. The van der Waals surface area contributed by atoms with Gasteiger partial charge in [0, 0.05) is 26.2 Å². The normalized spacial score (nSPS) is 15.0. The first-order chi connectivity index (χ1) is 11.5. The maximum atomic E-state index is 6.32. The SMILES string of the molecule is CC1(C)c2cc(Cl)ccc2-n2c3ccc(Cl)cc3c3cccc1c32. The van der Waals surface area contributed by atoms with Crippen LogP contribution in [0.15, 0.2) is 54.6 Å². The van der Waals surface area contributed by atoms with Gasteiger partial charge < -0.3 is 4.57 Å². The second-order valence-electron chi connectivity index (χ2n) is 6.99. The molecule has 0 radical (unpaired) electrons. The zero-order valence-electron chi connectivity index (χ0n) is 13.4. The van der Waals surface area contributed by atoms with Crippen LogP contribution in [0.1, 0.15) is 25.0 Å². The predicted octanol–water partition coefficient (Wildman–Crippen LogP) is 6.73. The summed E-state index contributed by atoms with van der Waals surface area (Å²) in [6.07, 6.45) is 0. The lowest BCUT2D eigenvalue weighted by Crippen LogP contribution is -2.26. The van der Waals surface area contributed by atoms with Crippen LogP contribution in [-0.2, 0) is 5.41 Å². The smallest absolute Gasteiger partial charge is 0.0582 e. The van der Waals surface area contributed by atoms with Gasteiger partial charge in [-0.1, -0.05) is 55.2 Å². The van der Waals surface area contributed by atoms with Gasteiger partial charge in [-0.15, -0.1) is 0 Å². The maximum Gasteiger partial charge on any atom is 0.0582 e. The van der Waals surface area contributed by atoms with Gasteiger partial charge in [0.05, 0.1) is 16.7 Å². The van der Waals surface area contributed by atoms with E-state index in [0.717, 1.165) is 10.0 Å². The molecule has 0 aliphatic carbocycles. The summed E-state index contributed by atoms with van der Waals surface area (Å²) in [5, 5.41) is 3.98. The molecule has 1 nitrogen and oxygen atoms in total. The van der Waals surface area contributed by atoms with Crippen LogP contribution in [0.5, 0.6) is 0 Å². The Hall–Kier alpha value is -1.96. The van der Waals surface area contributed by atoms with E-state index in [2.05, 4.69) is 60.9 Å². The number of hydrogen-bond acceptors (Lipinski definition) is 0. The summed E-state index contributed by atoms with van der Waals surface area (Å²) in [6.45, 7) is 4.54. The predicted molar refractivity (Wildman–Crippen MR) is 103 cm³/mol. The Balaban J connectivity index is 2.10. The molecule has 0 bridgehead atoms. The highest BCUT2D eigenvalue weighted by Crippen LogP contribution is 2.48. The van der Waals surface area contributed by atoms with Crippen molar-refractivity contribution in [3.8, 4) is 5.69 Å². The molecule has 1 aliphatic rings. The van der Waals surface area contributed by atoms with Crippen molar-refractivity contribution in [2.75, 3.05) is 0 Å². The molecule has 0 amide bonds. The first-order valence-corrected chi connectivity index (χ1v) is 8.77. The third-order valence-electron chi connectivity index (χ3n) is 5.30. The lowest BCUT2D eigenvalue weighted by molar-refractivity contribution is 0.630. The lowest BCUT2D eigenvalue weighted by atomic mass is 9.75. The number of halogens is 2. The van der Waals surface area contributed by atoms with Crippen LogP contribution in [0.2, 0.25) is 10.0 Å². The number of nitrogens with zero attached hydrogens (tertiary/aromatic N) is 1. The van der Waals surface area contributed by atoms with E-state index in [0.29, 0.717) is 0 Å². The molecule has 0 unspecified atom stereocenters. The summed E-state index contributed by atoms with van der Waals surface area (Å²) in [4.78, 5) is 0. The Morgan fingerprint density at radius 3 is 2.38 bits per heavy atom. The average Bonchev–Trinajstić information content (AvgIpc) is 2.88. The number of aromatic nitrogens is 1. The molecule has 2 heterocycles. The average molecular weight is 352 g/mol. The Labute approximate surface area is 150 Å². The van der Waals surface area contributed by atoms with E-state index in [1.165, 1.54) is 38.6 Å². The highest BCUT2D eigenvalue weighted by Gasteiger charge is 2.35. The van der Waals surface area contributed by atoms with Gasteiger partial charge >= 0.3 is 0 Å². The zero-order chi connectivity index (χ0) is 16.6. The quantitative estimate of drug-likeness (QED) is 0.331. The maximum absolute atomic E-state index is 6.32. The minimum atomic E-state index is -0.103. The standard InChI is InChI=1S/C21H15Cl2N/c1-21(2)16-5-3-4-14-15-10-12(22)6-8-18(15)24(20(14)16)19-9-7-13(23)11-17(19)21/h3-11H,1-2H3. The van der Waals surface area contributed by atoms with Crippen LogP contribution in [0.4, 0.5) is 0 Å². The largest absolute Gasteiger partial charge is 0.309 e. The van der Waals surface area contributed by atoms with E-state index in [1.54, 1.807) is 0 Å². The van der Waals surface area contributed by atoms with E-state index in [-0.39, 0.29) is 5.41 Å². The lowest BCUT2D eigenvalue weighted by Gasteiger charge is -2.34. The molecule has 0 spiro atoms. The number of hydrogen-bond donors (Lipinski definition) is 0. The third-order valence-corrected chi connectivity index (χ3v) is 5.77. The van der Waals surface area contributed by atoms with Crippen LogP contribution in [-0.4, -0.2) is 4.57 Å². The molecule has 0 saturated carbocycles. The molecule has 0 atom stereocenters. The van der Waals surface area contributed by atoms with Crippen molar-refractivity contribution in [1.29, 1.82) is 0 Å². The molecule has 0 fully saturated rings. The highest BCUT2D eigenvalue weighted by atomic mass is 35.5. The number of rotatable bonds is 0. The molecular weight excluding hydrogens is 337 g/mol. The second kappa shape index (κ2) is 4.56. The molecule has 4 aromatic rings. The number of fused-ring (bicyclic) bond motifs is 5. The van der Waals surface area contributed by atoms with Crippen molar-refractivity contribution in [2.45, 2.75) is 19.3 Å². The Morgan fingerprint density at radius 2 is 1.54 bits per heavy atom. The first kappa shape index (κ1) is 14.4. The van der Waals surface area contributed by atoms with Crippen LogP contribution in [0.3, 0.4) is 0 Å². The van der Waals surface area contributed by atoms with Crippen LogP contribution >= 0.6 is 23.2 Å². The Kier molecular flexibility index (Phi) is 2.73. The fourth-order valence-corrected chi connectivity index (χ4v) is 4.49. The summed E-state index contributed by atoms with van der Waals surface area (Å²) in [5.41, 5.74) is 6.12. The summed E-state index contributed by atoms with van der Waals surface area (Å²) < 4.78 is 2.35. The van der Waals surface area contributed by atoms with Crippen molar-refractivity contribution in [3.05, 3.63) is 75.8 Å². The zero-order valence-corrected chi connectivity index (χ0v) is 14.9. The van der Waals surface area contributed by atoms with Crippen molar-refractivity contribution in [3.63, 3.8) is 0 Å². The molecule has 5 rings (SSSR count). The fourth-order valence-electron chi connectivity index (χ4n) is 4.14. The minimum Gasteiger partial charge on any atom is -0.309 e. The van der Waals surface area contributed by atoms with Gasteiger partial charge in [0.2, 0.25) is 0 Å². The third kappa shape index (κ3) is 1.67. The minimum absolute atomic E-state index is 0.103. The van der Waals surface area contributed by atoms with Gasteiger partial charge in [-0.25, -0.2) is 0 Å². The van der Waals surface area contributed by atoms with Gasteiger partial charge in [-0.05, 0) is 47.5 Å². The van der Waals surface area contributed by atoms with Gasteiger partial charge in [0.25, 0.3) is 0 Å². The van der Waals surface area contributed by atoms with E-state index in [4.69, 9.17) is 23.2 Å². The summed E-state index contributed by atoms with van der Waals surface area (Å²) in [6, 6.07) is 18.9. The molecule has 0 saturated heterocycles. The van der Waals surface area contributed by atoms with E-state index in [1.807, 2.05) is 12.1 Å². The second-order valence-corrected chi connectivity index (χ2v) is 7.86. The fraction of sp³-hybridized carbons (Fsp3) is 0.143. The van der Waals surface area contributed by atoms with Crippen LogP contribution in [0.25, 0.3) is 27.5 Å². The molecule has 3 aromatic carbocycles. The number of para-hydroxylation sites is 1. The Bertz CT molecular complexity index is 1150.